The number of ether oxygens (including phenoxy) is 2. The van der Waals surface area contributed by atoms with Crippen molar-refractivity contribution in [2.75, 3.05) is 30.5 Å². The number of carbonyl (C=O) groups is 2. The molecule has 0 aliphatic heterocycles. The van der Waals surface area contributed by atoms with Gasteiger partial charge in [-0.25, -0.2) is 4.79 Å². The van der Waals surface area contributed by atoms with Gasteiger partial charge in [0.25, 0.3) is 0 Å². The van der Waals surface area contributed by atoms with Crippen molar-refractivity contribution >= 4 is 23.1 Å². The van der Waals surface area contributed by atoms with Crippen LogP contribution in [0.1, 0.15) is 53.4 Å². The Morgan fingerprint density at radius 1 is 0.729 bits per heavy atom. The molecule has 0 radical (unpaired) electrons. The maximum atomic E-state index is 13.3. The first-order valence-electron chi connectivity index (χ1n) is 16.4. The highest BCUT2D eigenvalue weighted by atomic mass is 16.5. The Balaban J connectivity index is 1.22. The zero-order valence-corrected chi connectivity index (χ0v) is 28.2. The van der Waals surface area contributed by atoms with Gasteiger partial charge >= 0.3 is 5.97 Å². The number of benzene rings is 5. The third-order valence-corrected chi connectivity index (χ3v) is 8.33. The first-order chi connectivity index (χ1) is 23.2. The highest BCUT2D eigenvalue weighted by Gasteiger charge is 2.23. The van der Waals surface area contributed by atoms with Crippen LogP contribution in [-0.4, -0.2) is 38.1 Å². The summed E-state index contributed by atoms with van der Waals surface area (Å²) in [6.45, 7) is 8.68. The fourth-order valence-corrected chi connectivity index (χ4v) is 5.58. The zero-order chi connectivity index (χ0) is 33.9. The average molecular weight is 641 g/mol. The minimum Gasteiger partial charge on any atom is -0.492 e. The summed E-state index contributed by atoms with van der Waals surface area (Å²) in [5.41, 5.74) is 6.41. The third-order valence-electron chi connectivity index (χ3n) is 8.33. The van der Waals surface area contributed by atoms with E-state index < -0.39 is 12.0 Å². The smallest absolute Gasteiger partial charge is 0.328 e. The first kappa shape index (κ1) is 34.0. The van der Waals surface area contributed by atoms with E-state index in [1.807, 2.05) is 66.7 Å². The van der Waals surface area contributed by atoms with Crippen molar-refractivity contribution in [2.45, 2.75) is 45.2 Å². The molecule has 0 bridgehead atoms. The molecule has 6 nitrogen and oxygen atoms in total. The Labute approximate surface area is 284 Å². The van der Waals surface area contributed by atoms with Gasteiger partial charge in [0.2, 0.25) is 0 Å². The lowest BCUT2D eigenvalue weighted by Crippen LogP contribution is -2.33. The number of hydrogen-bond donors (Lipinski definition) is 1. The van der Waals surface area contributed by atoms with E-state index in [0.717, 1.165) is 23.5 Å². The van der Waals surface area contributed by atoms with Gasteiger partial charge in [-0.05, 0) is 58.5 Å². The van der Waals surface area contributed by atoms with Crippen molar-refractivity contribution in [1.29, 1.82) is 0 Å². The number of hydrogen-bond acceptors (Lipinski definition) is 6. The molecule has 0 heterocycles. The van der Waals surface area contributed by atoms with E-state index in [4.69, 9.17) is 9.47 Å². The summed E-state index contributed by atoms with van der Waals surface area (Å²) in [6.07, 6.45) is 0.372. The summed E-state index contributed by atoms with van der Waals surface area (Å²) in [7, 11) is 1.37. The first-order valence-corrected chi connectivity index (χ1v) is 16.4. The predicted octanol–water partition coefficient (Wildman–Crippen LogP) is 8.50. The fourth-order valence-electron chi connectivity index (χ4n) is 5.58. The van der Waals surface area contributed by atoms with Crippen LogP contribution in [0.3, 0.4) is 0 Å². The second-order valence-electron chi connectivity index (χ2n) is 12.9. The highest BCUT2D eigenvalue weighted by Crippen LogP contribution is 2.25. The topological polar surface area (TPSA) is 67.9 Å². The van der Waals surface area contributed by atoms with Crippen molar-refractivity contribution in [3.05, 3.63) is 161 Å². The largest absolute Gasteiger partial charge is 0.492 e. The van der Waals surface area contributed by atoms with E-state index >= 15 is 0 Å². The van der Waals surface area contributed by atoms with Crippen LogP contribution in [0.4, 0.5) is 11.4 Å². The lowest BCUT2D eigenvalue weighted by Gasteiger charge is -2.26. The second-order valence-corrected chi connectivity index (χ2v) is 12.9. The van der Waals surface area contributed by atoms with E-state index in [0.29, 0.717) is 36.4 Å². The van der Waals surface area contributed by atoms with Crippen LogP contribution in [-0.2, 0) is 27.9 Å². The van der Waals surface area contributed by atoms with Crippen LogP contribution in [0.2, 0.25) is 0 Å². The summed E-state index contributed by atoms with van der Waals surface area (Å²) >= 11 is 0. The van der Waals surface area contributed by atoms with Crippen LogP contribution < -0.4 is 15.0 Å². The van der Waals surface area contributed by atoms with Crippen LogP contribution in [0.5, 0.6) is 5.75 Å². The molecule has 0 amide bonds. The maximum absolute atomic E-state index is 13.3. The van der Waals surface area contributed by atoms with Crippen molar-refractivity contribution in [1.82, 2.24) is 0 Å². The molecular formula is C42H44N2O4. The van der Waals surface area contributed by atoms with Crippen molar-refractivity contribution < 1.29 is 19.1 Å². The Morgan fingerprint density at radius 2 is 1.33 bits per heavy atom. The molecule has 5 aromatic rings. The van der Waals surface area contributed by atoms with E-state index in [1.54, 1.807) is 18.2 Å². The van der Waals surface area contributed by atoms with Crippen LogP contribution >= 0.6 is 0 Å². The summed E-state index contributed by atoms with van der Waals surface area (Å²) in [4.78, 5) is 28.4. The Bertz CT molecular complexity index is 1760. The average Bonchev–Trinajstić information content (AvgIpc) is 3.11. The molecule has 246 valence electrons. The predicted molar refractivity (Wildman–Crippen MR) is 194 cm³/mol. The minimum absolute atomic E-state index is 0.117. The number of esters is 1. The Hall–Kier alpha value is -5.36. The molecule has 0 unspecified atom stereocenters. The zero-order valence-electron chi connectivity index (χ0n) is 28.2. The van der Waals surface area contributed by atoms with Gasteiger partial charge in [-0.3, -0.25) is 4.79 Å². The Kier molecular flexibility index (Phi) is 11.3. The number of methoxy groups -OCH3 is 1. The lowest BCUT2D eigenvalue weighted by atomic mass is 9.87. The molecule has 0 aromatic heterocycles. The highest BCUT2D eigenvalue weighted by molar-refractivity contribution is 6.12. The monoisotopic (exact) mass is 640 g/mol. The molecule has 0 fully saturated rings. The second kappa shape index (κ2) is 16.0. The molecule has 5 aromatic carbocycles. The van der Waals surface area contributed by atoms with Crippen molar-refractivity contribution in [3.8, 4) is 5.75 Å². The molecule has 0 aliphatic carbocycles. The maximum Gasteiger partial charge on any atom is 0.328 e. The van der Waals surface area contributed by atoms with Gasteiger partial charge in [0.15, 0.2) is 5.78 Å². The molecule has 0 saturated heterocycles. The van der Waals surface area contributed by atoms with E-state index in [2.05, 4.69) is 79.5 Å². The molecule has 48 heavy (non-hydrogen) atoms. The summed E-state index contributed by atoms with van der Waals surface area (Å²) in [5, 5.41) is 3.27. The number of para-hydroxylation sites is 2. The lowest BCUT2D eigenvalue weighted by molar-refractivity contribution is -0.141. The molecular weight excluding hydrogens is 596 g/mol. The molecule has 5 rings (SSSR count). The van der Waals surface area contributed by atoms with Crippen LogP contribution in [0.25, 0.3) is 0 Å². The third kappa shape index (κ3) is 9.13. The molecule has 6 heteroatoms. The van der Waals surface area contributed by atoms with Crippen molar-refractivity contribution in [2.24, 2.45) is 0 Å². The SMILES string of the molecule is COC(=O)[C@H](Cc1ccc(OCCN(Cc2ccc(C(C)(C)C)cc2)c2ccccc2)cc1)Nc1ccccc1C(=O)c1ccccc1. The molecule has 0 spiro atoms. The Morgan fingerprint density at radius 3 is 1.98 bits per heavy atom. The van der Waals surface area contributed by atoms with Crippen LogP contribution in [0, 0.1) is 0 Å². The van der Waals surface area contributed by atoms with E-state index in [1.165, 1.54) is 18.2 Å². The summed E-state index contributed by atoms with van der Waals surface area (Å²) in [6, 6.07) is 42.7. The van der Waals surface area contributed by atoms with Gasteiger partial charge in [-0.15, -0.1) is 0 Å². The van der Waals surface area contributed by atoms with Gasteiger partial charge in [-0.2, -0.15) is 0 Å². The van der Waals surface area contributed by atoms with Gasteiger partial charge < -0.3 is 19.7 Å². The van der Waals surface area contributed by atoms with E-state index in [9.17, 15) is 9.59 Å². The quantitative estimate of drug-likeness (QED) is 0.0970. The summed E-state index contributed by atoms with van der Waals surface area (Å²) in [5.74, 6) is 0.224. The molecule has 0 aliphatic rings. The van der Waals surface area contributed by atoms with Gasteiger partial charge in [0.05, 0.1) is 13.7 Å². The molecule has 0 saturated carbocycles. The van der Waals surface area contributed by atoms with Crippen molar-refractivity contribution in [3.63, 3.8) is 0 Å². The van der Waals surface area contributed by atoms with E-state index in [-0.39, 0.29) is 11.2 Å². The number of ketones is 1. The number of nitrogens with one attached hydrogen (secondary N) is 1. The standard InChI is InChI=1S/C42H44N2O4/c1-42(2,3)34-23-19-32(20-24-34)30-44(35-15-9-6-10-16-35)27-28-48-36-25-21-31(22-26-36)29-39(41(46)47-4)43-38-18-12-11-17-37(38)40(45)33-13-7-5-8-14-33/h5-26,39,43H,27-30H2,1-4H3/t39-/m0/s1. The van der Waals surface area contributed by atoms with Gasteiger partial charge in [0, 0.05) is 35.5 Å². The number of anilines is 2. The number of carbonyl (C=O) groups excluding carboxylic acids is 2. The molecule has 1 atom stereocenters. The van der Waals surface area contributed by atoms with Gasteiger partial charge in [0.1, 0.15) is 18.4 Å². The van der Waals surface area contributed by atoms with Crippen LogP contribution in [0.15, 0.2) is 133 Å². The normalized spacial score (nSPS) is 11.8. The fraction of sp³-hybridized carbons (Fsp3) is 0.238. The summed E-state index contributed by atoms with van der Waals surface area (Å²) < 4.78 is 11.3. The molecule has 1 N–H and O–H groups in total. The van der Waals surface area contributed by atoms with Gasteiger partial charge in [-0.1, -0.05) is 118 Å². The minimum atomic E-state index is -0.691. The number of rotatable bonds is 14. The number of nitrogens with zero attached hydrogens (tertiary/aromatic N) is 1.